The van der Waals surface area contributed by atoms with Gasteiger partial charge in [-0.05, 0) is 52.3 Å². The molecule has 146 valence electrons. The van der Waals surface area contributed by atoms with Crippen molar-refractivity contribution >= 4 is 22.8 Å². The number of imidazole rings is 1. The van der Waals surface area contributed by atoms with Gasteiger partial charge in [0.1, 0.15) is 0 Å². The van der Waals surface area contributed by atoms with Gasteiger partial charge in [0.2, 0.25) is 5.82 Å². The van der Waals surface area contributed by atoms with Crippen LogP contribution in [0.4, 0.5) is 5.82 Å². The number of nitrogens with one attached hydrogen (secondary N) is 1. The summed E-state index contributed by atoms with van der Waals surface area (Å²) in [5.41, 5.74) is 3.58. The average molecular weight is 397 g/mol. The summed E-state index contributed by atoms with van der Waals surface area (Å²) in [5, 5.41) is 10.6. The molecule has 1 amide bonds. The number of nitrogens with zero attached hydrogens (tertiary/aromatic N) is 6. The van der Waals surface area contributed by atoms with Gasteiger partial charge in [0.25, 0.3) is 5.91 Å². The molecule has 30 heavy (non-hydrogen) atoms. The number of rotatable bonds is 5. The predicted molar refractivity (Wildman–Crippen MR) is 109 cm³/mol. The Balaban J connectivity index is 1.57. The minimum Gasteiger partial charge on any atom is -0.318 e. The average Bonchev–Trinajstić information content (AvgIpc) is 3.39. The molecule has 1 aromatic carbocycles. The third kappa shape index (κ3) is 3.28. The van der Waals surface area contributed by atoms with Crippen LogP contribution < -0.4 is 5.32 Å². The predicted octanol–water partition coefficient (Wildman–Crippen LogP) is 3.18. The van der Waals surface area contributed by atoms with Crippen molar-refractivity contribution in [3.63, 3.8) is 0 Å². The maximum atomic E-state index is 12.6. The van der Waals surface area contributed by atoms with E-state index in [4.69, 9.17) is 9.61 Å². The number of benzene rings is 1. The van der Waals surface area contributed by atoms with E-state index >= 15 is 0 Å². The third-order valence-electron chi connectivity index (χ3n) is 4.62. The van der Waals surface area contributed by atoms with Gasteiger partial charge in [0.05, 0.1) is 11.0 Å². The van der Waals surface area contributed by atoms with Crippen molar-refractivity contribution in [2.24, 2.45) is 0 Å². The molecule has 4 aromatic heterocycles. The molecular formula is C21H15N7O2. The fourth-order valence-corrected chi connectivity index (χ4v) is 3.19. The van der Waals surface area contributed by atoms with Crippen LogP contribution in [0.25, 0.3) is 22.6 Å². The first-order valence-corrected chi connectivity index (χ1v) is 9.18. The van der Waals surface area contributed by atoms with Crippen LogP contribution in [0.1, 0.15) is 15.9 Å². The monoisotopic (exact) mass is 397 g/mol. The normalized spacial score (nSPS) is 10.9. The van der Waals surface area contributed by atoms with E-state index in [-0.39, 0.29) is 11.7 Å². The quantitative estimate of drug-likeness (QED) is 0.485. The fraction of sp³-hybridized carbons (Fsp3) is 0.0476. The van der Waals surface area contributed by atoms with Crippen LogP contribution in [-0.4, -0.2) is 35.7 Å². The molecule has 0 radical (unpaired) electrons. The number of amides is 1. The summed E-state index contributed by atoms with van der Waals surface area (Å²) < 4.78 is 6.95. The second-order valence-electron chi connectivity index (χ2n) is 6.52. The molecule has 9 nitrogen and oxygen atoms in total. The van der Waals surface area contributed by atoms with Crippen molar-refractivity contribution < 1.29 is 9.42 Å². The van der Waals surface area contributed by atoms with Crippen molar-refractivity contribution in [1.29, 1.82) is 0 Å². The highest BCUT2D eigenvalue weighted by Gasteiger charge is 2.22. The maximum absolute atomic E-state index is 12.6. The van der Waals surface area contributed by atoms with E-state index in [9.17, 15) is 4.79 Å². The zero-order valence-corrected chi connectivity index (χ0v) is 15.6. The smallest absolute Gasteiger partial charge is 0.257 e. The molecule has 0 fully saturated rings. The molecule has 0 spiro atoms. The van der Waals surface area contributed by atoms with Gasteiger partial charge in [0, 0.05) is 36.9 Å². The van der Waals surface area contributed by atoms with Crippen molar-refractivity contribution in [1.82, 2.24) is 29.8 Å². The fourth-order valence-electron chi connectivity index (χ4n) is 3.19. The minimum absolute atomic E-state index is 0.197. The molecule has 0 atom stereocenters. The molecule has 0 saturated heterocycles. The van der Waals surface area contributed by atoms with Crippen LogP contribution in [0.5, 0.6) is 0 Å². The number of hydrogen-bond donors (Lipinski definition) is 1. The zero-order chi connectivity index (χ0) is 20.3. The van der Waals surface area contributed by atoms with Crippen molar-refractivity contribution in [2.75, 3.05) is 5.32 Å². The van der Waals surface area contributed by atoms with Crippen LogP contribution in [-0.2, 0) is 6.54 Å². The summed E-state index contributed by atoms with van der Waals surface area (Å²) in [4.78, 5) is 25.3. The first-order chi connectivity index (χ1) is 14.8. The summed E-state index contributed by atoms with van der Waals surface area (Å²) in [7, 11) is 0. The van der Waals surface area contributed by atoms with Gasteiger partial charge in [0.15, 0.2) is 11.5 Å². The summed E-state index contributed by atoms with van der Waals surface area (Å²) >= 11 is 0. The summed E-state index contributed by atoms with van der Waals surface area (Å²) in [6.07, 6.45) is 6.58. The third-order valence-corrected chi connectivity index (χ3v) is 4.62. The summed E-state index contributed by atoms with van der Waals surface area (Å²) in [6.45, 7) is 0.545. The van der Waals surface area contributed by atoms with Crippen LogP contribution in [0, 0.1) is 0 Å². The second-order valence-corrected chi connectivity index (χ2v) is 6.52. The number of pyridine rings is 2. The number of hydrogen-bond acceptors (Lipinski definition) is 7. The van der Waals surface area contributed by atoms with Crippen LogP contribution in [0.2, 0.25) is 0 Å². The van der Waals surface area contributed by atoms with Crippen LogP contribution >= 0.6 is 0 Å². The zero-order valence-electron chi connectivity index (χ0n) is 15.6. The second kappa shape index (κ2) is 7.55. The van der Waals surface area contributed by atoms with Crippen LogP contribution in [0.15, 0.2) is 77.9 Å². The van der Waals surface area contributed by atoms with Crippen molar-refractivity contribution in [2.45, 2.75) is 6.54 Å². The molecule has 1 N–H and O–H groups in total. The molecule has 5 rings (SSSR count). The lowest BCUT2D eigenvalue weighted by Crippen LogP contribution is -2.13. The maximum Gasteiger partial charge on any atom is 0.257 e. The molecule has 4 heterocycles. The van der Waals surface area contributed by atoms with E-state index in [1.807, 2.05) is 41.0 Å². The molecular weight excluding hydrogens is 382 g/mol. The molecule has 0 aliphatic carbocycles. The highest BCUT2D eigenvalue weighted by atomic mass is 16.6. The number of aromatic nitrogens is 6. The molecule has 9 heteroatoms. The van der Waals surface area contributed by atoms with Gasteiger partial charge in [-0.1, -0.05) is 12.1 Å². The molecule has 5 aromatic rings. The van der Waals surface area contributed by atoms with E-state index in [2.05, 4.69) is 25.6 Å². The minimum atomic E-state index is -0.342. The lowest BCUT2D eigenvalue weighted by Gasteiger charge is -2.08. The van der Waals surface area contributed by atoms with Crippen molar-refractivity contribution in [3.8, 4) is 11.5 Å². The first kappa shape index (κ1) is 17.7. The Morgan fingerprint density at radius 1 is 0.933 bits per heavy atom. The Hall–Kier alpha value is -4.40. The SMILES string of the molecule is O=C(Nc1nonc1-c1nc2ccccc2n1Cc1ccncc1)c1ccncc1. The van der Waals surface area contributed by atoms with E-state index in [1.165, 1.54) is 0 Å². The Bertz CT molecular complexity index is 1310. The molecule has 0 bridgehead atoms. The molecule has 0 unspecified atom stereocenters. The number of carbonyl (C=O) groups is 1. The van der Waals surface area contributed by atoms with Gasteiger partial charge in [-0.3, -0.25) is 14.8 Å². The molecule has 0 saturated carbocycles. The first-order valence-electron chi connectivity index (χ1n) is 9.18. The molecule has 0 aliphatic rings. The number of para-hydroxylation sites is 2. The molecule has 0 aliphatic heterocycles. The summed E-state index contributed by atoms with van der Waals surface area (Å²) in [5.74, 6) is 0.397. The van der Waals surface area contributed by atoms with Crippen molar-refractivity contribution in [3.05, 3.63) is 84.4 Å². The van der Waals surface area contributed by atoms with E-state index in [0.717, 1.165) is 16.6 Å². The van der Waals surface area contributed by atoms with E-state index in [1.54, 1.807) is 36.9 Å². The Labute approximate surface area is 170 Å². The number of anilines is 1. The van der Waals surface area contributed by atoms with Gasteiger partial charge >= 0.3 is 0 Å². The topological polar surface area (TPSA) is 112 Å². The summed E-state index contributed by atoms with van der Waals surface area (Å²) in [6, 6.07) is 14.9. The van der Waals surface area contributed by atoms with Gasteiger partial charge < -0.3 is 9.88 Å². The van der Waals surface area contributed by atoms with Gasteiger partial charge in [-0.2, -0.15) is 0 Å². The highest BCUT2D eigenvalue weighted by Crippen LogP contribution is 2.29. The number of carbonyl (C=O) groups excluding carboxylic acids is 1. The lowest BCUT2D eigenvalue weighted by atomic mass is 10.2. The lowest BCUT2D eigenvalue weighted by molar-refractivity contribution is 0.102. The standard InChI is InChI=1S/C21H15N7O2/c29-21(15-7-11-23-12-8-15)25-19-18(26-30-27-19)20-24-16-3-1-2-4-17(16)28(20)13-14-5-9-22-10-6-14/h1-12H,13H2,(H,25,27,29). The largest absolute Gasteiger partial charge is 0.318 e. The van der Waals surface area contributed by atoms with Crippen LogP contribution in [0.3, 0.4) is 0 Å². The Kier molecular flexibility index (Phi) is 4.45. The van der Waals surface area contributed by atoms with Gasteiger partial charge in [-0.25, -0.2) is 9.61 Å². The van der Waals surface area contributed by atoms with E-state index in [0.29, 0.717) is 23.6 Å². The highest BCUT2D eigenvalue weighted by molar-refractivity contribution is 6.05. The van der Waals surface area contributed by atoms with E-state index < -0.39 is 0 Å². The Morgan fingerprint density at radius 3 is 2.47 bits per heavy atom. The van der Waals surface area contributed by atoms with Gasteiger partial charge in [-0.15, -0.1) is 0 Å². The Morgan fingerprint density at radius 2 is 1.67 bits per heavy atom. The number of fused-ring (bicyclic) bond motifs is 1.